The van der Waals surface area contributed by atoms with Gasteiger partial charge in [0.25, 0.3) is 11.1 Å². The van der Waals surface area contributed by atoms with Gasteiger partial charge in [0.2, 0.25) is 5.91 Å². The summed E-state index contributed by atoms with van der Waals surface area (Å²) in [7, 11) is 2.10. The van der Waals surface area contributed by atoms with E-state index in [4.69, 9.17) is 0 Å². The fourth-order valence-corrected chi connectivity index (χ4v) is 5.37. The van der Waals surface area contributed by atoms with Crippen LogP contribution < -0.4 is 10.2 Å². The third kappa shape index (κ3) is 4.59. The molecular weight excluding hydrogens is 453 g/mol. The molecule has 0 aromatic heterocycles. The summed E-state index contributed by atoms with van der Waals surface area (Å²) in [5.74, 6) is -1.08. The van der Waals surface area contributed by atoms with Crippen molar-refractivity contribution in [3.05, 3.63) is 63.8 Å². The monoisotopic (exact) mass is 481 g/mol. The third-order valence-corrected chi connectivity index (χ3v) is 7.52. The van der Waals surface area contributed by atoms with E-state index in [2.05, 4.69) is 50.2 Å². The summed E-state index contributed by atoms with van der Waals surface area (Å²) >= 11 is 0.833. The Labute approximate surface area is 203 Å². The lowest BCUT2D eigenvalue weighted by molar-refractivity contribution is -0.127. The van der Waals surface area contributed by atoms with Crippen molar-refractivity contribution < 1.29 is 18.8 Å². The Morgan fingerprint density at radius 1 is 1.24 bits per heavy atom. The average molecular weight is 482 g/mol. The van der Waals surface area contributed by atoms with E-state index >= 15 is 0 Å². The van der Waals surface area contributed by atoms with Gasteiger partial charge in [0.15, 0.2) is 0 Å². The molecule has 178 valence electrons. The molecular formula is C26H28FN3O3S. The Morgan fingerprint density at radius 2 is 1.91 bits per heavy atom. The van der Waals surface area contributed by atoms with E-state index in [1.807, 2.05) is 6.92 Å². The minimum absolute atomic E-state index is 0.0531. The fourth-order valence-electron chi connectivity index (χ4n) is 4.54. The number of hydrogen-bond donors (Lipinski definition) is 1. The molecule has 0 radical (unpaired) electrons. The zero-order chi connectivity index (χ0) is 24.8. The fraction of sp³-hybridized carbons (Fsp3) is 0.346. The highest BCUT2D eigenvalue weighted by atomic mass is 32.2. The highest BCUT2D eigenvalue weighted by Gasteiger charge is 2.37. The molecule has 8 heteroatoms. The van der Waals surface area contributed by atoms with Crippen molar-refractivity contribution in [2.24, 2.45) is 0 Å². The lowest BCUT2D eigenvalue weighted by atomic mass is 9.79. The summed E-state index contributed by atoms with van der Waals surface area (Å²) in [6, 6.07) is 9.52. The first kappa shape index (κ1) is 24.0. The van der Waals surface area contributed by atoms with Crippen LogP contribution >= 0.6 is 11.8 Å². The van der Waals surface area contributed by atoms with E-state index in [0.717, 1.165) is 34.2 Å². The predicted octanol–water partition coefficient (Wildman–Crippen LogP) is 5.53. The number of benzene rings is 2. The summed E-state index contributed by atoms with van der Waals surface area (Å²) in [5.41, 5.74) is 4.75. The number of anilines is 2. The summed E-state index contributed by atoms with van der Waals surface area (Å²) in [5, 5.41) is 2.09. The molecule has 2 aromatic carbocycles. The molecule has 0 saturated carbocycles. The van der Waals surface area contributed by atoms with Gasteiger partial charge in [-0.1, -0.05) is 6.92 Å². The molecule has 2 heterocycles. The normalized spacial score (nSPS) is 20.6. The Balaban J connectivity index is 1.54. The van der Waals surface area contributed by atoms with Crippen molar-refractivity contribution in [2.75, 3.05) is 23.8 Å². The highest BCUT2D eigenvalue weighted by Crippen LogP contribution is 2.44. The minimum atomic E-state index is -0.528. The quantitative estimate of drug-likeness (QED) is 0.582. The molecule has 0 bridgehead atoms. The van der Waals surface area contributed by atoms with Gasteiger partial charge in [-0.15, -0.1) is 0 Å². The second kappa shape index (κ2) is 8.91. The van der Waals surface area contributed by atoms with Crippen molar-refractivity contribution in [3.63, 3.8) is 0 Å². The molecule has 0 spiro atoms. The number of thioether (sulfide) groups is 1. The highest BCUT2D eigenvalue weighted by molar-refractivity contribution is 8.18. The van der Waals surface area contributed by atoms with Crippen molar-refractivity contribution >= 4 is 46.3 Å². The van der Waals surface area contributed by atoms with Crippen LogP contribution in [0.25, 0.3) is 6.08 Å². The smallest absolute Gasteiger partial charge is 0.294 e. The van der Waals surface area contributed by atoms with Gasteiger partial charge < -0.3 is 10.2 Å². The lowest BCUT2D eigenvalue weighted by Gasteiger charge is -2.45. The van der Waals surface area contributed by atoms with E-state index in [9.17, 15) is 18.8 Å². The van der Waals surface area contributed by atoms with Crippen LogP contribution in [-0.2, 0) is 9.59 Å². The van der Waals surface area contributed by atoms with E-state index in [-0.39, 0.29) is 5.54 Å². The van der Waals surface area contributed by atoms with Crippen LogP contribution in [0.5, 0.6) is 0 Å². The number of carbonyl (C=O) groups is 3. The van der Waals surface area contributed by atoms with Gasteiger partial charge in [-0.25, -0.2) is 4.39 Å². The number of aryl methyl sites for hydroxylation is 1. The molecule has 0 aliphatic carbocycles. The Bertz CT molecular complexity index is 1210. The number of halogens is 1. The second-order valence-electron chi connectivity index (χ2n) is 9.57. The maximum atomic E-state index is 13.1. The Morgan fingerprint density at radius 3 is 2.59 bits per heavy atom. The van der Waals surface area contributed by atoms with Crippen LogP contribution in [0, 0.1) is 12.7 Å². The van der Waals surface area contributed by atoms with Crippen LogP contribution in [-0.4, -0.2) is 41.1 Å². The maximum Gasteiger partial charge on any atom is 0.294 e. The first-order chi connectivity index (χ1) is 16.0. The zero-order valence-electron chi connectivity index (χ0n) is 19.9. The Hall–Kier alpha value is -3.13. The van der Waals surface area contributed by atoms with E-state index in [0.29, 0.717) is 16.5 Å². The van der Waals surface area contributed by atoms with Crippen molar-refractivity contribution in [1.29, 1.82) is 0 Å². The van der Waals surface area contributed by atoms with Gasteiger partial charge in [-0.3, -0.25) is 19.3 Å². The number of nitrogens with zero attached hydrogens (tertiary/aromatic N) is 2. The molecule has 4 rings (SSSR count). The standard InChI is InChI=1S/C26H28FN3O3S/c1-15-10-21-20(16(2)13-26(3,4)29(21)5)11-17(15)12-22-24(32)30(25(33)34-22)14-23(31)28-19-8-6-18(27)7-9-19/h6-12,16H,13-14H2,1-5H3,(H,28,31)/b22-12-/t16-/m1/s1. The zero-order valence-corrected chi connectivity index (χ0v) is 20.8. The molecule has 3 amide bonds. The largest absolute Gasteiger partial charge is 0.369 e. The number of carbonyl (C=O) groups excluding carboxylic acids is 3. The molecule has 34 heavy (non-hydrogen) atoms. The number of fused-ring (bicyclic) bond motifs is 1. The molecule has 2 aromatic rings. The van der Waals surface area contributed by atoms with Crippen LogP contribution in [0.4, 0.5) is 20.6 Å². The molecule has 1 saturated heterocycles. The molecule has 2 aliphatic rings. The molecule has 1 N–H and O–H groups in total. The van der Waals surface area contributed by atoms with Crippen LogP contribution in [0.15, 0.2) is 41.3 Å². The van der Waals surface area contributed by atoms with E-state index in [1.54, 1.807) is 6.08 Å². The van der Waals surface area contributed by atoms with E-state index in [1.165, 1.54) is 35.5 Å². The van der Waals surface area contributed by atoms with E-state index < -0.39 is 29.4 Å². The minimum Gasteiger partial charge on any atom is -0.369 e. The summed E-state index contributed by atoms with van der Waals surface area (Å²) < 4.78 is 13.1. The average Bonchev–Trinajstić information content (AvgIpc) is 3.02. The van der Waals surface area contributed by atoms with Crippen molar-refractivity contribution in [3.8, 4) is 0 Å². The first-order valence-corrected chi connectivity index (χ1v) is 12.0. The topological polar surface area (TPSA) is 69.7 Å². The predicted molar refractivity (Wildman–Crippen MR) is 134 cm³/mol. The number of hydrogen-bond acceptors (Lipinski definition) is 5. The number of amides is 3. The van der Waals surface area contributed by atoms with Crippen LogP contribution in [0.1, 0.15) is 49.8 Å². The molecule has 0 unspecified atom stereocenters. The molecule has 2 aliphatic heterocycles. The van der Waals surface area contributed by atoms with Gasteiger partial charge in [0.1, 0.15) is 12.4 Å². The van der Waals surface area contributed by atoms with Crippen LogP contribution in [0.3, 0.4) is 0 Å². The molecule has 1 atom stereocenters. The second-order valence-corrected chi connectivity index (χ2v) is 10.6. The van der Waals surface area contributed by atoms with Gasteiger partial charge in [0.05, 0.1) is 4.91 Å². The van der Waals surface area contributed by atoms with Gasteiger partial charge in [0, 0.05) is 24.0 Å². The van der Waals surface area contributed by atoms with Gasteiger partial charge in [-0.2, -0.15) is 0 Å². The number of imide groups is 1. The summed E-state index contributed by atoms with van der Waals surface area (Å²) in [4.78, 5) is 41.3. The SMILES string of the molecule is Cc1cc2c(cc1/C=C1\SC(=O)N(CC(=O)Nc3ccc(F)cc3)C1=O)[C@H](C)CC(C)(C)N2C. The van der Waals surface area contributed by atoms with Crippen molar-refractivity contribution in [1.82, 2.24) is 4.90 Å². The molecule has 6 nitrogen and oxygen atoms in total. The van der Waals surface area contributed by atoms with Gasteiger partial charge in [-0.05, 0) is 104 Å². The number of rotatable bonds is 4. The Kier molecular flexibility index (Phi) is 6.29. The van der Waals surface area contributed by atoms with Crippen LogP contribution in [0.2, 0.25) is 0 Å². The first-order valence-electron chi connectivity index (χ1n) is 11.2. The molecule has 1 fully saturated rings. The maximum absolute atomic E-state index is 13.1. The summed E-state index contributed by atoms with van der Waals surface area (Å²) in [6.45, 7) is 8.27. The number of nitrogens with one attached hydrogen (secondary N) is 1. The summed E-state index contributed by atoms with van der Waals surface area (Å²) in [6.07, 6.45) is 2.75. The van der Waals surface area contributed by atoms with Gasteiger partial charge >= 0.3 is 0 Å². The van der Waals surface area contributed by atoms with Crippen molar-refractivity contribution in [2.45, 2.75) is 45.6 Å². The lowest BCUT2D eigenvalue weighted by Crippen LogP contribution is -2.45. The third-order valence-electron chi connectivity index (χ3n) is 6.61.